The highest BCUT2D eigenvalue weighted by atomic mass is 79.9. The van der Waals surface area contributed by atoms with Gasteiger partial charge >= 0.3 is 0 Å². The molecule has 0 atom stereocenters. The Morgan fingerprint density at radius 2 is 2.21 bits per heavy atom. The number of pyridine rings is 1. The van der Waals surface area contributed by atoms with Crippen LogP contribution in [0.2, 0.25) is 0 Å². The fourth-order valence-electron chi connectivity index (χ4n) is 1.70. The lowest BCUT2D eigenvalue weighted by molar-refractivity contribution is -0.384. The van der Waals surface area contributed by atoms with Crippen molar-refractivity contribution in [2.75, 3.05) is 11.9 Å². The van der Waals surface area contributed by atoms with Gasteiger partial charge in [-0.2, -0.15) is 0 Å². The van der Waals surface area contributed by atoms with Gasteiger partial charge in [0, 0.05) is 29.5 Å². The van der Waals surface area contributed by atoms with Crippen LogP contribution in [0.4, 0.5) is 11.4 Å². The minimum Gasteiger partial charge on any atom is -0.379 e. The normalized spacial score (nSPS) is 10.2. The maximum absolute atomic E-state index is 10.9. The number of halogens is 1. The Labute approximate surface area is 119 Å². The van der Waals surface area contributed by atoms with Crippen LogP contribution in [0.15, 0.2) is 47.2 Å². The number of nitro benzene ring substituents is 1. The summed E-state index contributed by atoms with van der Waals surface area (Å²) in [5.74, 6) is 0. The van der Waals surface area contributed by atoms with Crippen molar-refractivity contribution < 1.29 is 4.92 Å². The highest BCUT2D eigenvalue weighted by Crippen LogP contribution is 2.27. The maximum atomic E-state index is 10.9. The number of hydrogen-bond acceptors (Lipinski definition) is 4. The van der Waals surface area contributed by atoms with E-state index in [4.69, 9.17) is 0 Å². The van der Waals surface area contributed by atoms with Crippen molar-refractivity contribution in [1.82, 2.24) is 4.98 Å². The largest absolute Gasteiger partial charge is 0.379 e. The van der Waals surface area contributed by atoms with Crippen molar-refractivity contribution in [2.24, 2.45) is 0 Å². The number of hydrogen-bond donors (Lipinski definition) is 1. The number of aromatic nitrogens is 1. The van der Waals surface area contributed by atoms with E-state index in [2.05, 4.69) is 26.2 Å². The average molecular weight is 322 g/mol. The van der Waals surface area contributed by atoms with Crippen molar-refractivity contribution in [3.63, 3.8) is 0 Å². The fraction of sp³-hybridized carbons (Fsp3) is 0.154. The predicted molar refractivity (Wildman–Crippen MR) is 77.2 cm³/mol. The van der Waals surface area contributed by atoms with Crippen molar-refractivity contribution in [3.8, 4) is 0 Å². The SMILES string of the molecule is O=[N+]([O-])c1ccc(Br)cc1NCCc1cccnc1. The molecule has 0 aliphatic rings. The molecule has 1 aromatic carbocycles. The Morgan fingerprint density at radius 1 is 1.37 bits per heavy atom. The smallest absolute Gasteiger partial charge is 0.292 e. The van der Waals surface area contributed by atoms with Crippen LogP contribution in [0, 0.1) is 10.1 Å². The van der Waals surface area contributed by atoms with E-state index in [0.717, 1.165) is 16.5 Å². The Hall–Kier alpha value is -1.95. The lowest BCUT2D eigenvalue weighted by atomic mass is 10.2. The number of nitro groups is 1. The third-order valence-electron chi connectivity index (χ3n) is 2.61. The zero-order valence-electron chi connectivity index (χ0n) is 10.0. The monoisotopic (exact) mass is 321 g/mol. The molecule has 0 unspecified atom stereocenters. The molecule has 2 rings (SSSR count). The van der Waals surface area contributed by atoms with Gasteiger partial charge in [0.05, 0.1) is 4.92 Å². The molecule has 0 spiro atoms. The summed E-state index contributed by atoms with van der Waals surface area (Å²) < 4.78 is 0.807. The summed E-state index contributed by atoms with van der Waals surface area (Å²) in [6.07, 6.45) is 4.27. The van der Waals surface area contributed by atoms with Crippen molar-refractivity contribution in [2.45, 2.75) is 6.42 Å². The third-order valence-corrected chi connectivity index (χ3v) is 3.10. The first-order valence-electron chi connectivity index (χ1n) is 5.73. The molecule has 0 saturated heterocycles. The standard InChI is InChI=1S/C13H12BrN3O2/c14-11-3-4-13(17(18)19)12(8-11)16-7-5-10-2-1-6-15-9-10/h1-4,6,8-9,16H,5,7H2. The van der Waals surface area contributed by atoms with Crippen LogP contribution in [-0.4, -0.2) is 16.5 Å². The van der Waals surface area contributed by atoms with E-state index in [1.165, 1.54) is 6.07 Å². The lowest BCUT2D eigenvalue weighted by Gasteiger charge is -2.07. The second-order valence-corrected chi connectivity index (χ2v) is 4.87. The molecule has 0 bridgehead atoms. The van der Waals surface area contributed by atoms with Gasteiger partial charge < -0.3 is 5.32 Å². The van der Waals surface area contributed by atoms with E-state index in [1.807, 2.05) is 12.1 Å². The van der Waals surface area contributed by atoms with E-state index in [1.54, 1.807) is 24.5 Å². The Kier molecular flexibility index (Phi) is 4.46. The highest BCUT2D eigenvalue weighted by molar-refractivity contribution is 9.10. The molecule has 0 amide bonds. The molecule has 98 valence electrons. The Balaban J connectivity index is 2.03. The van der Waals surface area contributed by atoms with Crippen LogP contribution < -0.4 is 5.32 Å². The van der Waals surface area contributed by atoms with E-state index >= 15 is 0 Å². The van der Waals surface area contributed by atoms with Crippen LogP contribution in [0.3, 0.4) is 0 Å². The van der Waals surface area contributed by atoms with Crippen molar-refractivity contribution in [1.29, 1.82) is 0 Å². The molecule has 0 fully saturated rings. The first kappa shape index (κ1) is 13.5. The summed E-state index contributed by atoms with van der Waals surface area (Å²) in [7, 11) is 0. The second kappa shape index (κ2) is 6.29. The quantitative estimate of drug-likeness (QED) is 0.677. The van der Waals surface area contributed by atoms with Gasteiger partial charge in [0.15, 0.2) is 0 Å². The van der Waals surface area contributed by atoms with Gasteiger partial charge in [0.25, 0.3) is 5.69 Å². The van der Waals surface area contributed by atoms with Crippen LogP contribution >= 0.6 is 15.9 Å². The van der Waals surface area contributed by atoms with Crippen molar-refractivity contribution >= 4 is 27.3 Å². The van der Waals surface area contributed by atoms with Crippen LogP contribution in [0.25, 0.3) is 0 Å². The number of benzene rings is 1. The molecule has 19 heavy (non-hydrogen) atoms. The number of rotatable bonds is 5. The molecule has 6 heteroatoms. The van der Waals surface area contributed by atoms with Gasteiger partial charge in [-0.3, -0.25) is 15.1 Å². The molecule has 0 aliphatic heterocycles. The van der Waals surface area contributed by atoms with Crippen molar-refractivity contribution in [3.05, 3.63) is 62.9 Å². The van der Waals surface area contributed by atoms with Gasteiger partial charge in [0.2, 0.25) is 0 Å². The molecule has 0 saturated carbocycles. The summed E-state index contributed by atoms with van der Waals surface area (Å²) in [6.45, 7) is 0.614. The molecular formula is C13H12BrN3O2. The molecule has 5 nitrogen and oxygen atoms in total. The third kappa shape index (κ3) is 3.75. The Morgan fingerprint density at radius 3 is 2.89 bits per heavy atom. The summed E-state index contributed by atoms with van der Waals surface area (Å²) in [4.78, 5) is 14.5. The average Bonchev–Trinajstić information content (AvgIpc) is 2.39. The first-order chi connectivity index (χ1) is 9.16. The number of anilines is 1. The van der Waals surface area contributed by atoms with E-state index in [-0.39, 0.29) is 5.69 Å². The predicted octanol–water partition coefficient (Wildman–Crippen LogP) is 3.41. The van der Waals surface area contributed by atoms with E-state index in [9.17, 15) is 10.1 Å². The molecule has 1 heterocycles. The molecule has 0 aliphatic carbocycles. The van der Waals surface area contributed by atoms with Gasteiger partial charge in [-0.25, -0.2) is 0 Å². The summed E-state index contributed by atoms with van der Waals surface area (Å²) in [5, 5.41) is 14.0. The van der Waals surface area contributed by atoms with Gasteiger partial charge in [0.1, 0.15) is 5.69 Å². The van der Waals surface area contributed by atoms with E-state index < -0.39 is 4.92 Å². The topological polar surface area (TPSA) is 68.1 Å². The molecule has 1 N–H and O–H groups in total. The Bertz CT molecular complexity index is 575. The van der Waals surface area contributed by atoms with E-state index in [0.29, 0.717) is 12.2 Å². The number of nitrogens with zero attached hydrogens (tertiary/aromatic N) is 2. The molecule has 1 aromatic heterocycles. The number of nitrogens with one attached hydrogen (secondary N) is 1. The van der Waals surface area contributed by atoms with Gasteiger partial charge in [-0.1, -0.05) is 22.0 Å². The first-order valence-corrected chi connectivity index (χ1v) is 6.53. The highest BCUT2D eigenvalue weighted by Gasteiger charge is 2.13. The zero-order valence-corrected chi connectivity index (χ0v) is 11.6. The zero-order chi connectivity index (χ0) is 13.7. The lowest BCUT2D eigenvalue weighted by Crippen LogP contribution is -2.07. The van der Waals surface area contributed by atoms with Gasteiger partial charge in [-0.05, 0) is 30.2 Å². The molecule has 0 radical (unpaired) electrons. The van der Waals surface area contributed by atoms with Crippen LogP contribution in [-0.2, 0) is 6.42 Å². The molecular weight excluding hydrogens is 310 g/mol. The minimum atomic E-state index is -0.390. The summed E-state index contributed by atoms with van der Waals surface area (Å²) in [6, 6.07) is 8.70. The summed E-state index contributed by atoms with van der Waals surface area (Å²) in [5.41, 5.74) is 1.69. The molecule has 2 aromatic rings. The summed E-state index contributed by atoms with van der Waals surface area (Å²) >= 11 is 3.31. The van der Waals surface area contributed by atoms with Gasteiger partial charge in [-0.15, -0.1) is 0 Å². The minimum absolute atomic E-state index is 0.0781. The van der Waals surface area contributed by atoms with Crippen LogP contribution in [0.1, 0.15) is 5.56 Å². The van der Waals surface area contributed by atoms with Crippen LogP contribution in [0.5, 0.6) is 0 Å². The maximum Gasteiger partial charge on any atom is 0.292 e. The fourth-order valence-corrected chi connectivity index (χ4v) is 2.06. The second-order valence-electron chi connectivity index (χ2n) is 3.96.